The predicted molar refractivity (Wildman–Crippen MR) is 72.2 cm³/mol. The molecular weight excluding hydrogens is 264 g/mol. The largest absolute Gasteiger partial charge is 0.452 e. The van der Waals surface area contributed by atoms with Gasteiger partial charge in [-0.3, -0.25) is 14.9 Å². The van der Waals surface area contributed by atoms with Crippen LogP contribution in [0.15, 0.2) is 30.4 Å². The van der Waals surface area contributed by atoms with E-state index in [0.717, 1.165) is 0 Å². The first-order chi connectivity index (χ1) is 9.45. The number of nitrogens with one attached hydrogen (secondary N) is 1. The van der Waals surface area contributed by atoms with Crippen molar-refractivity contribution >= 4 is 23.3 Å². The van der Waals surface area contributed by atoms with Crippen LogP contribution in [0.25, 0.3) is 0 Å². The van der Waals surface area contributed by atoms with Crippen LogP contribution in [-0.4, -0.2) is 23.4 Å². The molecule has 0 radical (unpaired) electrons. The van der Waals surface area contributed by atoms with Gasteiger partial charge in [-0.05, 0) is 19.4 Å². The number of carbonyl (C=O) groups is 2. The van der Waals surface area contributed by atoms with Crippen LogP contribution < -0.4 is 5.32 Å². The Labute approximate surface area is 115 Å². The standard InChI is InChI=1S/C13H14N2O5/c1-3-5-12(17)20-8-11(16)14-13-9(2)6-4-7-10(13)15(18)19/h3-7H,8H2,1-2H3,(H,14,16)/b5-3+. The van der Waals surface area contributed by atoms with Crippen molar-refractivity contribution < 1.29 is 19.2 Å². The Kier molecular flexibility index (Phi) is 5.40. The summed E-state index contributed by atoms with van der Waals surface area (Å²) < 4.78 is 4.65. The lowest BCUT2D eigenvalue weighted by Gasteiger charge is -2.08. The monoisotopic (exact) mass is 278 g/mol. The van der Waals surface area contributed by atoms with Gasteiger partial charge < -0.3 is 10.1 Å². The van der Waals surface area contributed by atoms with E-state index in [1.807, 2.05) is 0 Å². The summed E-state index contributed by atoms with van der Waals surface area (Å²) in [4.78, 5) is 32.9. The van der Waals surface area contributed by atoms with Crippen LogP contribution in [0.3, 0.4) is 0 Å². The van der Waals surface area contributed by atoms with E-state index in [2.05, 4.69) is 10.1 Å². The number of rotatable bonds is 5. The highest BCUT2D eigenvalue weighted by Crippen LogP contribution is 2.27. The number of para-hydroxylation sites is 1. The number of benzene rings is 1. The molecule has 0 saturated heterocycles. The van der Waals surface area contributed by atoms with Gasteiger partial charge in [-0.15, -0.1) is 0 Å². The van der Waals surface area contributed by atoms with Gasteiger partial charge in [0.1, 0.15) is 5.69 Å². The highest BCUT2D eigenvalue weighted by molar-refractivity contribution is 5.96. The maximum Gasteiger partial charge on any atom is 0.330 e. The number of aryl methyl sites for hydroxylation is 1. The van der Waals surface area contributed by atoms with Crippen LogP contribution in [-0.2, 0) is 14.3 Å². The fraction of sp³-hybridized carbons (Fsp3) is 0.231. The number of anilines is 1. The Bertz CT molecular complexity index is 566. The summed E-state index contributed by atoms with van der Waals surface area (Å²) in [5, 5.41) is 13.2. The Balaban J connectivity index is 2.76. The molecule has 7 nitrogen and oxygen atoms in total. The van der Waals surface area contributed by atoms with E-state index < -0.39 is 23.4 Å². The van der Waals surface area contributed by atoms with Gasteiger partial charge in [0.15, 0.2) is 6.61 Å². The zero-order valence-electron chi connectivity index (χ0n) is 11.1. The number of ether oxygens (including phenoxy) is 1. The maximum absolute atomic E-state index is 11.6. The van der Waals surface area contributed by atoms with Crippen molar-refractivity contribution in [3.8, 4) is 0 Å². The van der Waals surface area contributed by atoms with Gasteiger partial charge in [-0.1, -0.05) is 18.2 Å². The molecule has 0 aromatic heterocycles. The first-order valence-electron chi connectivity index (χ1n) is 5.79. The lowest BCUT2D eigenvalue weighted by molar-refractivity contribution is -0.384. The van der Waals surface area contributed by atoms with Crippen molar-refractivity contribution in [3.63, 3.8) is 0 Å². The van der Waals surface area contributed by atoms with E-state index in [1.54, 1.807) is 19.9 Å². The second-order valence-corrected chi connectivity index (χ2v) is 3.88. The summed E-state index contributed by atoms with van der Waals surface area (Å²) >= 11 is 0. The topological polar surface area (TPSA) is 98.5 Å². The van der Waals surface area contributed by atoms with Crippen molar-refractivity contribution in [1.29, 1.82) is 0 Å². The Morgan fingerprint density at radius 3 is 2.75 bits per heavy atom. The highest BCUT2D eigenvalue weighted by atomic mass is 16.6. The Hall–Kier alpha value is -2.70. The molecule has 1 rings (SSSR count). The predicted octanol–water partition coefficient (Wildman–Crippen LogP) is 1.96. The SMILES string of the molecule is C/C=C/C(=O)OCC(=O)Nc1c(C)cccc1[N+](=O)[O-]. The molecule has 0 spiro atoms. The molecule has 1 aromatic carbocycles. The quantitative estimate of drug-likeness (QED) is 0.384. The molecule has 0 bridgehead atoms. The zero-order chi connectivity index (χ0) is 15.1. The Morgan fingerprint density at radius 1 is 1.45 bits per heavy atom. The average molecular weight is 278 g/mol. The number of nitrogens with zero attached hydrogens (tertiary/aromatic N) is 1. The molecule has 1 N–H and O–H groups in total. The summed E-state index contributed by atoms with van der Waals surface area (Å²) in [7, 11) is 0. The smallest absolute Gasteiger partial charge is 0.330 e. The second-order valence-electron chi connectivity index (χ2n) is 3.88. The average Bonchev–Trinajstić information content (AvgIpc) is 2.39. The van der Waals surface area contributed by atoms with Crippen molar-refractivity contribution in [2.45, 2.75) is 13.8 Å². The van der Waals surface area contributed by atoms with Crippen LogP contribution in [0.5, 0.6) is 0 Å². The number of nitro benzene ring substituents is 1. The molecule has 0 aliphatic carbocycles. The molecule has 0 fully saturated rings. The molecule has 1 amide bonds. The number of amides is 1. The summed E-state index contributed by atoms with van der Waals surface area (Å²) in [5.41, 5.74) is 0.440. The molecule has 0 saturated carbocycles. The third kappa shape index (κ3) is 4.20. The number of hydrogen-bond donors (Lipinski definition) is 1. The van der Waals surface area contributed by atoms with Crippen LogP contribution >= 0.6 is 0 Å². The van der Waals surface area contributed by atoms with Crippen molar-refractivity contribution in [2.75, 3.05) is 11.9 Å². The van der Waals surface area contributed by atoms with Gasteiger partial charge in [0.25, 0.3) is 11.6 Å². The van der Waals surface area contributed by atoms with Crippen LogP contribution in [0.1, 0.15) is 12.5 Å². The molecule has 0 unspecified atom stereocenters. The van der Waals surface area contributed by atoms with Crippen molar-refractivity contribution in [2.24, 2.45) is 0 Å². The van der Waals surface area contributed by atoms with Gasteiger partial charge in [-0.25, -0.2) is 4.79 Å². The summed E-state index contributed by atoms with van der Waals surface area (Å²) in [6.45, 7) is 2.77. The molecule has 1 aromatic rings. The third-order valence-electron chi connectivity index (χ3n) is 2.36. The number of carbonyl (C=O) groups excluding carboxylic acids is 2. The summed E-state index contributed by atoms with van der Waals surface area (Å²) in [6, 6.07) is 4.44. The number of allylic oxidation sites excluding steroid dienone is 1. The molecule has 20 heavy (non-hydrogen) atoms. The normalized spacial score (nSPS) is 10.3. The maximum atomic E-state index is 11.6. The Morgan fingerprint density at radius 2 is 2.15 bits per heavy atom. The molecule has 0 aliphatic heterocycles. The molecule has 0 aliphatic rings. The highest BCUT2D eigenvalue weighted by Gasteiger charge is 2.18. The fourth-order valence-electron chi connectivity index (χ4n) is 1.46. The number of esters is 1. The molecule has 7 heteroatoms. The van der Waals surface area contributed by atoms with E-state index in [9.17, 15) is 19.7 Å². The van der Waals surface area contributed by atoms with Gasteiger partial charge in [0.05, 0.1) is 4.92 Å². The number of nitro groups is 1. The number of hydrogen-bond acceptors (Lipinski definition) is 5. The van der Waals surface area contributed by atoms with Gasteiger partial charge in [0.2, 0.25) is 0 Å². The van der Waals surface area contributed by atoms with E-state index in [-0.39, 0.29) is 11.4 Å². The van der Waals surface area contributed by atoms with Crippen molar-refractivity contribution in [3.05, 3.63) is 46.0 Å². The van der Waals surface area contributed by atoms with Crippen LogP contribution in [0, 0.1) is 17.0 Å². The van der Waals surface area contributed by atoms with E-state index in [4.69, 9.17) is 0 Å². The minimum absolute atomic E-state index is 0.101. The van der Waals surface area contributed by atoms with Crippen LogP contribution in [0.4, 0.5) is 11.4 Å². The molecule has 0 atom stereocenters. The van der Waals surface area contributed by atoms with E-state index in [1.165, 1.54) is 24.3 Å². The van der Waals surface area contributed by atoms with Gasteiger partial charge in [0, 0.05) is 12.1 Å². The second kappa shape index (κ2) is 7.03. The first-order valence-corrected chi connectivity index (χ1v) is 5.79. The van der Waals surface area contributed by atoms with Crippen molar-refractivity contribution in [1.82, 2.24) is 0 Å². The lowest BCUT2D eigenvalue weighted by Crippen LogP contribution is -2.21. The minimum atomic E-state index is -0.651. The molecular formula is C13H14N2O5. The lowest BCUT2D eigenvalue weighted by atomic mass is 10.1. The van der Waals surface area contributed by atoms with Crippen LogP contribution in [0.2, 0.25) is 0 Å². The summed E-state index contributed by atoms with van der Waals surface area (Å²) in [5.74, 6) is -1.29. The molecule has 106 valence electrons. The van der Waals surface area contributed by atoms with Gasteiger partial charge in [-0.2, -0.15) is 0 Å². The van der Waals surface area contributed by atoms with Gasteiger partial charge >= 0.3 is 5.97 Å². The van der Waals surface area contributed by atoms with E-state index >= 15 is 0 Å². The first kappa shape index (κ1) is 15.4. The third-order valence-corrected chi connectivity index (χ3v) is 2.36. The summed E-state index contributed by atoms with van der Waals surface area (Å²) in [6.07, 6.45) is 2.65. The zero-order valence-corrected chi connectivity index (χ0v) is 11.1. The minimum Gasteiger partial charge on any atom is -0.452 e. The van der Waals surface area contributed by atoms with E-state index in [0.29, 0.717) is 5.56 Å². The fourth-order valence-corrected chi connectivity index (χ4v) is 1.46. The molecule has 0 heterocycles.